The Kier molecular flexibility index (Phi) is 5.76. The second-order valence-electron chi connectivity index (χ2n) is 5.70. The normalized spacial score (nSPS) is 13.9. The zero-order valence-electron chi connectivity index (χ0n) is 15.2. The number of esters is 1. The van der Waals surface area contributed by atoms with Gasteiger partial charge < -0.3 is 18.9 Å². The quantitative estimate of drug-likeness (QED) is 0.549. The number of rotatable bonds is 7. The van der Waals surface area contributed by atoms with E-state index in [-0.39, 0.29) is 18.1 Å². The van der Waals surface area contributed by atoms with Crippen molar-refractivity contribution in [3.8, 4) is 17.2 Å². The van der Waals surface area contributed by atoms with Crippen LogP contribution < -0.4 is 14.2 Å². The molecule has 1 aliphatic rings. The van der Waals surface area contributed by atoms with Crippen LogP contribution in [0, 0.1) is 0 Å². The van der Waals surface area contributed by atoms with Gasteiger partial charge in [0.25, 0.3) is 0 Å². The lowest BCUT2D eigenvalue weighted by Gasteiger charge is -2.06. The van der Waals surface area contributed by atoms with Crippen LogP contribution in [0.4, 0.5) is 0 Å². The van der Waals surface area contributed by atoms with Gasteiger partial charge in [0, 0.05) is 6.07 Å². The Balaban J connectivity index is 1.74. The standard InChI is InChI=1S/C21H20O6/c1-3-24-16-8-9-17-18(12-16)27-19(21(17)23)11-14-6-5-7-15(10-14)26-13-20(22)25-4-2/h5-12H,3-4,13H2,1-2H3/b19-11-. The molecule has 1 aliphatic heterocycles. The first-order valence-corrected chi connectivity index (χ1v) is 8.70. The Hall–Kier alpha value is -3.28. The summed E-state index contributed by atoms with van der Waals surface area (Å²) in [7, 11) is 0. The van der Waals surface area contributed by atoms with Gasteiger partial charge >= 0.3 is 5.97 Å². The Morgan fingerprint density at radius 2 is 1.85 bits per heavy atom. The van der Waals surface area contributed by atoms with Crippen molar-refractivity contribution in [2.75, 3.05) is 19.8 Å². The van der Waals surface area contributed by atoms with E-state index in [1.165, 1.54) is 0 Å². The first kappa shape index (κ1) is 18.5. The molecule has 6 nitrogen and oxygen atoms in total. The van der Waals surface area contributed by atoms with Crippen LogP contribution in [-0.4, -0.2) is 31.6 Å². The van der Waals surface area contributed by atoms with Crippen molar-refractivity contribution in [3.05, 3.63) is 59.4 Å². The first-order valence-electron chi connectivity index (χ1n) is 8.70. The second kappa shape index (κ2) is 8.40. The van der Waals surface area contributed by atoms with Gasteiger partial charge in [-0.2, -0.15) is 0 Å². The number of carbonyl (C=O) groups excluding carboxylic acids is 2. The topological polar surface area (TPSA) is 71.1 Å². The molecule has 3 rings (SSSR count). The Morgan fingerprint density at radius 3 is 2.63 bits per heavy atom. The molecule has 2 aromatic carbocycles. The first-order chi connectivity index (χ1) is 13.1. The van der Waals surface area contributed by atoms with E-state index < -0.39 is 5.97 Å². The second-order valence-corrected chi connectivity index (χ2v) is 5.70. The molecule has 140 valence electrons. The maximum absolute atomic E-state index is 12.5. The van der Waals surface area contributed by atoms with Crippen LogP contribution in [0.1, 0.15) is 29.8 Å². The highest BCUT2D eigenvalue weighted by atomic mass is 16.6. The summed E-state index contributed by atoms with van der Waals surface area (Å²) in [6.45, 7) is 4.29. The number of fused-ring (bicyclic) bond motifs is 1. The minimum absolute atomic E-state index is 0.172. The zero-order valence-corrected chi connectivity index (χ0v) is 15.2. The summed E-state index contributed by atoms with van der Waals surface area (Å²) in [5.74, 6) is 1.23. The molecule has 0 unspecified atom stereocenters. The van der Waals surface area contributed by atoms with Crippen LogP contribution in [0.2, 0.25) is 0 Å². The molecule has 0 atom stereocenters. The van der Waals surface area contributed by atoms with E-state index >= 15 is 0 Å². The summed E-state index contributed by atoms with van der Waals surface area (Å²) in [4.78, 5) is 23.9. The van der Waals surface area contributed by atoms with E-state index in [1.54, 1.807) is 49.4 Å². The number of Topliss-reactive ketones (excluding diaryl/α,β-unsaturated/α-hetero) is 1. The molecule has 0 saturated heterocycles. The van der Waals surface area contributed by atoms with E-state index in [0.717, 1.165) is 5.56 Å². The van der Waals surface area contributed by atoms with Gasteiger partial charge in [0.15, 0.2) is 12.4 Å². The molecule has 0 saturated carbocycles. The Labute approximate surface area is 157 Å². The minimum atomic E-state index is -0.434. The van der Waals surface area contributed by atoms with Gasteiger partial charge in [-0.1, -0.05) is 12.1 Å². The van der Waals surface area contributed by atoms with Crippen molar-refractivity contribution < 1.29 is 28.5 Å². The number of ether oxygens (including phenoxy) is 4. The maximum atomic E-state index is 12.5. The van der Waals surface area contributed by atoms with Crippen LogP contribution in [0.5, 0.6) is 17.2 Å². The average Bonchev–Trinajstić information content (AvgIpc) is 2.96. The zero-order chi connectivity index (χ0) is 19.2. The number of hydrogen-bond donors (Lipinski definition) is 0. The van der Waals surface area contributed by atoms with E-state index in [1.807, 2.05) is 13.0 Å². The summed E-state index contributed by atoms with van der Waals surface area (Å²) < 4.78 is 21.4. The van der Waals surface area contributed by atoms with E-state index in [2.05, 4.69) is 0 Å². The average molecular weight is 368 g/mol. The van der Waals surface area contributed by atoms with Crippen molar-refractivity contribution >= 4 is 17.8 Å². The molecule has 27 heavy (non-hydrogen) atoms. The monoisotopic (exact) mass is 368 g/mol. The molecule has 0 bridgehead atoms. The van der Waals surface area contributed by atoms with E-state index in [0.29, 0.717) is 36.0 Å². The number of hydrogen-bond acceptors (Lipinski definition) is 6. The van der Waals surface area contributed by atoms with Crippen molar-refractivity contribution in [2.45, 2.75) is 13.8 Å². The largest absolute Gasteiger partial charge is 0.494 e. The van der Waals surface area contributed by atoms with Crippen molar-refractivity contribution in [1.82, 2.24) is 0 Å². The molecule has 1 heterocycles. The molecule has 2 aromatic rings. The van der Waals surface area contributed by atoms with Gasteiger partial charge in [-0.3, -0.25) is 4.79 Å². The third-order valence-corrected chi connectivity index (χ3v) is 3.77. The minimum Gasteiger partial charge on any atom is -0.494 e. The van der Waals surface area contributed by atoms with Crippen LogP contribution >= 0.6 is 0 Å². The van der Waals surface area contributed by atoms with Gasteiger partial charge in [-0.25, -0.2) is 4.79 Å². The summed E-state index contributed by atoms with van der Waals surface area (Å²) >= 11 is 0. The summed E-state index contributed by atoms with van der Waals surface area (Å²) in [6.07, 6.45) is 1.64. The summed E-state index contributed by atoms with van der Waals surface area (Å²) in [5.41, 5.74) is 1.22. The number of allylic oxidation sites excluding steroid dienone is 1. The molecular weight excluding hydrogens is 348 g/mol. The number of benzene rings is 2. The Morgan fingerprint density at radius 1 is 1.04 bits per heavy atom. The molecule has 0 aromatic heterocycles. The number of carbonyl (C=O) groups is 2. The molecule has 6 heteroatoms. The molecule has 0 fully saturated rings. The van der Waals surface area contributed by atoms with E-state index in [9.17, 15) is 9.59 Å². The molecule has 0 aliphatic carbocycles. The van der Waals surface area contributed by atoms with Crippen molar-refractivity contribution in [3.63, 3.8) is 0 Å². The van der Waals surface area contributed by atoms with Crippen LogP contribution in [0.25, 0.3) is 6.08 Å². The van der Waals surface area contributed by atoms with Crippen molar-refractivity contribution in [2.24, 2.45) is 0 Å². The lowest BCUT2D eigenvalue weighted by Crippen LogP contribution is -2.14. The SMILES string of the molecule is CCOC(=O)COc1cccc(/C=C2\Oc3cc(OCC)ccc3C2=O)c1. The molecule has 0 radical (unpaired) electrons. The lowest BCUT2D eigenvalue weighted by atomic mass is 10.1. The summed E-state index contributed by atoms with van der Waals surface area (Å²) in [5, 5.41) is 0. The van der Waals surface area contributed by atoms with Crippen LogP contribution in [0.3, 0.4) is 0 Å². The van der Waals surface area contributed by atoms with Gasteiger partial charge in [0.05, 0.1) is 18.8 Å². The van der Waals surface area contributed by atoms with Gasteiger partial charge in [0.2, 0.25) is 5.78 Å². The van der Waals surface area contributed by atoms with E-state index in [4.69, 9.17) is 18.9 Å². The smallest absolute Gasteiger partial charge is 0.344 e. The van der Waals surface area contributed by atoms with Gasteiger partial charge in [-0.15, -0.1) is 0 Å². The van der Waals surface area contributed by atoms with Crippen molar-refractivity contribution in [1.29, 1.82) is 0 Å². The molecule has 0 N–H and O–H groups in total. The fraction of sp³-hybridized carbons (Fsp3) is 0.238. The third-order valence-electron chi connectivity index (χ3n) is 3.77. The molecular formula is C21H20O6. The highest BCUT2D eigenvalue weighted by Crippen LogP contribution is 2.35. The fourth-order valence-corrected chi connectivity index (χ4v) is 2.61. The fourth-order valence-electron chi connectivity index (χ4n) is 2.61. The maximum Gasteiger partial charge on any atom is 0.344 e. The van der Waals surface area contributed by atoms with Gasteiger partial charge in [0.1, 0.15) is 17.2 Å². The molecule has 0 amide bonds. The predicted octanol–water partition coefficient (Wildman–Crippen LogP) is 3.64. The molecule has 0 spiro atoms. The van der Waals surface area contributed by atoms with Crippen LogP contribution in [0.15, 0.2) is 48.2 Å². The predicted molar refractivity (Wildman–Crippen MR) is 99.1 cm³/mol. The lowest BCUT2D eigenvalue weighted by molar-refractivity contribution is -0.145. The third kappa shape index (κ3) is 4.47. The summed E-state index contributed by atoms with van der Waals surface area (Å²) in [6, 6.07) is 12.2. The number of ketones is 1. The Bertz CT molecular complexity index is 884. The highest BCUT2D eigenvalue weighted by Gasteiger charge is 2.27. The van der Waals surface area contributed by atoms with Crippen LogP contribution in [-0.2, 0) is 9.53 Å². The van der Waals surface area contributed by atoms with Gasteiger partial charge in [-0.05, 0) is 49.8 Å². The highest BCUT2D eigenvalue weighted by molar-refractivity contribution is 6.14.